The van der Waals surface area contributed by atoms with Crippen molar-refractivity contribution in [3.8, 4) is 56.4 Å². The number of fused-ring (bicyclic) bond motifs is 6. The molecule has 0 aliphatic heterocycles. The van der Waals surface area contributed by atoms with Gasteiger partial charge in [0.25, 0.3) is 0 Å². The smallest absolute Gasteiger partial charge is 0.164 e. The highest BCUT2D eigenvalue weighted by Gasteiger charge is 2.18. The van der Waals surface area contributed by atoms with Crippen LogP contribution in [0.4, 0.5) is 0 Å². The van der Waals surface area contributed by atoms with Crippen molar-refractivity contribution in [2.24, 2.45) is 0 Å². The van der Waals surface area contributed by atoms with Crippen LogP contribution in [0.5, 0.6) is 0 Å². The zero-order valence-electron chi connectivity index (χ0n) is 36.0. The number of nitrogens with zero attached hydrogens (tertiary/aromatic N) is 3. The van der Waals surface area contributed by atoms with E-state index in [1.807, 2.05) is 54.6 Å². The SMILES string of the molecule is [2H]c1c([2H])c([2H])c(-c2cc(-c3c([2H])c([2H])c([2H])c([2H])c3[2H])c3oc4cc(-c5nc(-c6ccccc6)nc(-c6ccc7c(c6)sc6ccccc67)n5)ccc4c3c2)c([2H])c1[2H]. The van der Waals surface area contributed by atoms with Crippen LogP contribution in [-0.4, -0.2) is 15.0 Å². The first-order valence-corrected chi connectivity index (χ1v) is 16.6. The zero-order valence-corrected chi connectivity index (χ0v) is 26.8. The van der Waals surface area contributed by atoms with Gasteiger partial charge in [-0.15, -0.1) is 11.3 Å². The molecule has 234 valence electrons. The van der Waals surface area contributed by atoms with E-state index < -0.39 is 60.4 Å². The maximum atomic E-state index is 8.84. The molecule has 0 saturated heterocycles. The minimum atomic E-state index is -0.573. The quantitative estimate of drug-likeness (QED) is 0.183. The van der Waals surface area contributed by atoms with Crippen molar-refractivity contribution in [2.75, 3.05) is 0 Å². The van der Waals surface area contributed by atoms with Gasteiger partial charge < -0.3 is 4.42 Å². The first kappa shape index (κ1) is 20.2. The molecule has 3 heterocycles. The summed E-state index contributed by atoms with van der Waals surface area (Å²) in [5.74, 6) is 1.29. The molecular weight excluding hydrogens is 631 g/mol. The van der Waals surface area contributed by atoms with E-state index in [4.69, 9.17) is 33.1 Å². The highest BCUT2D eigenvalue weighted by Crippen LogP contribution is 2.41. The number of furan rings is 1. The van der Waals surface area contributed by atoms with Gasteiger partial charge in [-0.2, -0.15) is 0 Å². The van der Waals surface area contributed by atoms with E-state index in [1.165, 1.54) is 16.2 Å². The van der Waals surface area contributed by atoms with E-state index in [0.29, 0.717) is 39.4 Å². The average molecular weight is 668 g/mol. The lowest BCUT2D eigenvalue weighted by atomic mass is 9.95. The number of hydrogen-bond acceptors (Lipinski definition) is 5. The lowest BCUT2D eigenvalue weighted by molar-refractivity contribution is 0.670. The molecule has 0 N–H and O–H groups in total. The Hall–Kier alpha value is -6.43. The van der Waals surface area contributed by atoms with Crippen LogP contribution < -0.4 is 0 Å². The molecule has 0 aliphatic carbocycles. The van der Waals surface area contributed by atoms with Gasteiger partial charge in [-0.05, 0) is 53.1 Å². The summed E-state index contributed by atoms with van der Waals surface area (Å²) in [6.45, 7) is 0. The molecule has 0 atom stereocenters. The molecule has 3 aromatic heterocycles. The van der Waals surface area contributed by atoms with E-state index in [-0.39, 0.29) is 27.8 Å². The first-order valence-electron chi connectivity index (χ1n) is 20.8. The Labute approximate surface area is 306 Å². The van der Waals surface area contributed by atoms with Gasteiger partial charge >= 0.3 is 0 Å². The second kappa shape index (κ2) is 11.6. The predicted octanol–water partition coefficient (Wildman–Crippen LogP) is 12.5. The van der Waals surface area contributed by atoms with Crippen molar-refractivity contribution in [1.29, 1.82) is 0 Å². The van der Waals surface area contributed by atoms with E-state index in [1.54, 1.807) is 29.5 Å². The Morgan fingerprint density at radius 2 is 1.06 bits per heavy atom. The first-order chi connectivity index (χ1) is 28.9. The average Bonchev–Trinajstić information content (AvgIpc) is 3.84. The molecular formula is C45H27N3OS. The molecule has 0 amide bonds. The van der Waals surface area contributed by atoms with E-state index in [9.17, 15) is 0 Å². The topological polar surface area (TPSA) is 51.8 Å². The molecule has 0 fully saturated rings. The maximum Gasteiger partial charge on any atom is 0.164 e. The van der Waals surface area contributed by atoms with Crippen LogP contribution in [0.25, 0.3) is 98.5 Å². The monoisotopic (exact) mass is 667 g/mol. The number of hydrogen-bond donors (Lipinski definition) is 0. The van der Waals surface area contributed by atoms with E-state index in [2.05, 4.69) is 24.3 Å². The van der Waals surface area contributed by atoms with Crippen LogP contribution in [-0.2, 0) is 0 Å². The molecule has 0 bridgehead atoms. The van der Waals surface area contributed by atoms with Crippen LogP contribution in [0.3, 0.4) is 0 Å². The highest BCUT2D eigenvalue weighted by molar-refractivity contribution is 7.25. The third kappa shape index (κ3) is 4.87. The summed E-state index contributed by atoms with van der Waals surface area (Å²) in [7, 11) is 0. The number of benzene rings is 7. The minimum Gasteiger partial charge on any atom is -0.455 e. The standard InChI is InChI=1S/C45H27N3OS/c1-4-12-28(13-5-1)33-24-37(29-14-6-2-7-15-29)42-38(25-33)34-22-20-31(26-39(34)49-42)44-46-43(30-16-8-3-9-17-30)47-45(48-44)32-21-23-36-35-18-10-11-19-40(35)50-41(36)27-32/h1-27H/i1D,2D,4D,5D,6D,7D,12D,13D,14D,15D. The molecule has 50 heavy (non-hydrogen) atoms. The molecule has 0 radical (unpaired) electrons. The Bertz CT molecular complexity index is 3400. The van der Waals surface area contributed by atoms with Crippen molar-refractivity contribution in [2.45, 2.75) is 0 Å². The van der Waals surface area contributed by atoms with E-state index in [0.717, 1.165) is 21.2 Å². The van der Waals surface area contributed by atoms with Crippen LogP contribution in [0.1, 0.15) is 13.7 Å². The van der Waals surface area contributed by atoms with Crippen LogP contribution in [0.2, 0.25) is 0 Å². The second-order valence-corrected chi connectivity index (χ2v) is 12.8. The Balaban J connectivity index is 1.21. The lowest BCUT2D eigenvalue weighted by Crippen LogP contribution is -2.00. The van der Waals surface area contributed by atoms with Gasteiger partial charge in [0, 0.05) is 53.2 Å². The molecule has 4 nitrogen and oxygen atoms in total. The summed E-state index contributed by atoms with van der Waals surface area (Å²) in [6.07, 6.45) is 0. The predicted molar refractivity (Wildman–Crippen MR) is 207 cm³/mol. The molecule has 0 spiro atoms. The fourth-order valence-electron chi connectivity index (χ4n) is 6.34. The normalized spacial score (nSPS) is 14.4. The number of thiophene rings is 1. The Morgan fingerprint density at radius 1 is 0.440 bits per heavy atom. The Morgan fingerprint density at radius 3 is 1.82 bits per heavy atom. The van der Waals surface area contributed by atoms with Gasteiger partial charge in [0.05, 0.1) is 13.7 Å². The molecule has 0 unspecified atom stereocenters. The zero-order chi connectivity index (χ0) is 41.7. The summed E-state index contributed by atoms with van der Waals surface area (Å²) >= 11 is 1.70. The summed E-state index contributed by atoms with van der Waals surface area (Å²) < 4.78 is 93.9. The van der Waals surface area contributed by atoms with Crippen LogP contribution >= 0.6 is 11.3 Å². The third-order valence-electron chi connectivity index (χ3n) is 8.69. The van der Waals surface area contributed by atoms with Gasteiger partial charge in [-0.3, -0.25) is 0 Å². The van der Waals surface area contributed by atoms with Crippen LogP contribution in [0.15, 0.2) is 168 Å². The van der Waals surface area contributed by atoms with Crippen molar-refractivity contribution < 1.29 is 18.1 Å². The number of rotatable bonds is 5. The lowest BCUT2D eigenvalue weighted by Gasteiger charge is -2.08. The second-order valence-electron chi connectivity index (χ2n) is 11.7. The molecule has 0 aliphatic rings. The summed E-state index contributed by atoms with van der Waals surface area (Å²) in [6, 6.07) is 27.3. The van der Waals surface area contributed by atoms with Crippen molar-refractivity contribution in [1.82, 2.24) is 15.0 Å². The maximum absolute atomic E-state index is 8.84. The van der Waals surface area contributed by atoms with Gasteiger partial charge in [0.1, 0.15) is 11.2 Å². The molecule has 10 rings (SSSR count). The Kier molecular flexibility index (Phi) is 4.69. The van der Waals surface area contributed by atoms with E-state index >= 15 is 0 Å². The summed E-state index contributed by atoms with van der Waals surface area (Å²) in [5.41, 5.74) is 2.71. The van der Waals surface area contributed by atoms with Crippen LogP contribution in [0, 0.1) is 0 Å². The number of aromatic nitrogens is 3. The molecule has 10 aromatic rings. The highest BCUT2D eigenvalue weighted by atomic mass is 32.1. The van der Waals surface area contributed by atoms with Crippen molar-refractivity contribution >= 4 is 53.4 Å². The van der Waals surface area contributed by atoms with Crippen molar-refractivity contribution in [3.05, 3.63) is 164 Å². The summed E-state index contributed by atoms with van der Waals surface area (Å²) in [5, 5.41) is 3.31. The van der Waals surface area contributed by atoms with Gasteiger partial charge in [-0.1, -0.05) is 127 Å². The molecule has 0 saturated carbocycles. The molecule has 5 heteroatoms. The molecule has 7 aromatic carbocycles. The largest absolute Gasteiger partial charge is 0.455 e. The van der Waals surface area contributed by atoms with Crippen molar-refractivity contribution in [3.63, 3.8) is 0 Å². The van der Waals surface area contributed by atoms with Gasteiger partial charge in [0.15, 0.2) is 17.5 Å². The third-order valence-corrected chi connectivity index (χ3v) is 9.83. The van der Waals surface area contributed by atoms with Gasteiger partial charge in [0.2, 0.25) is 0 Å². The minimum absolute atomic E-state index is 0.0921. The fourth-order valence-corrected chi connectivity index (χ4v) is 7.49. The summed E-state index contributed by atoms with van der Waals surface area (Å²) in [4.78, 5) is 14.8. The van der Waals surface area contributed by atoms with Gasteiger partial charge in [-0.25, -0.2) is 15.0 Å². The fraction of sp³-hybridized carbons (Fsp3) is 0.